The van der Waals surface area contributed by atoms with Gasteiger partial charge in [-0.25, -0.2) is 4.39 Å². The smallest absolute Gasteiger partial charge is 0.168 e. The van der Waals surface area contributed by atoms with Crippen LogP contribution in [0, 0.1) is 6.92 Å². The van der Waals surface area contributed by atoms with Gasteiger partial charge in [0, 0.05) is 13.0 Å². The van der Waals surface area contributed by atoms with Gasteiger partial charge in [-0.3, -0.25) is 0 Å². The summed E-state index contributed by atoms with van der Waals surface area (Å²) in [5, 5.41) is 2.96. The van der Waals surface area contributed by atoms with E-state index >= 15 is 4.39 Å². The first-order chi connectivity index (χ1) is 11.1. The Balaban J connectivity index is 1.99. The number of aryl methyl sites for hydroxylation is 1. The number of halogens is 1. The van der Waals surface area contributed by atoms with Crippen LogP contribution < -0.4 is 14.8 Å². The summed E-state index contributed by atoms with van der Waals surface area (Å²) < 4.78 is 27.0. The summed E-state index contributed by atoms with van der Waals surface area (Å²) in [5.41, 5.74) is 1.36. The fourth-order valence-electron chi connectivity index (χ4n) is 3.24. The summed E-state index contributed by atoms with van der Waals surface area (Å²) >= 11 is 0. The van der Waals surface area contributed by atoms with Gasteiger partial charge in [0.2, 0.25) is 0 Å². The van der Waals surface area contributed by atoms with E-state index < -0.39 is 11.8 Å². The lowest BCUT2D eigenvalue weighted by Crippen LogP contribution is -2.41. The molecule has 2 aromatic carbocycles. The van der Waals surface area contributed by atoms with E-state index in [0.717, 1.165) is 28.2 Å². The Bertz CT molecular complexity index is 704. The van der Waals surface area contributed by atoms with Crippen molar-refractivity contribution < 1.29 is 13.9 Å². The van der Waals surface area contributed by atoms with Crippen LogP contribution in [0.15, 0.2) is 42.5 Å². The van der Waals surface area contributed by atoms with Gasteiger partial charge < -0.3 is 14.8 Å². The van der Waals surface area contributed by atoms with E-state index in [1.807, 2.05) is 49.4 Å². The Morgan fingerprint density at radius 3 is 2.74 bits per heavy atom. The first-order valence-electron chi connectivity index (χ1n) is 7.80. The van der Waals surface area contributed by atoms with E-state index in [0.29, 0.717) is 6.42 Å². The quantitative estimate of drug-likeness (QED) is 0.914. The van der Waals surface area contributed by atoms with E-state index in [2.05, 4.69) is 5.32 Å². The van der Waals surface area contributed by atoms with Crippen molar-refractivity contribution in [3.8, 4) is 11.5 Å². The molecule has 23 heavy (non-hydrogen) atoms. The second-order valence-electron chi connectivity index (χ2n) is 6.07. The Morgan fingerprint density at radius 1 is 1.26 bits per heavy atom. The molecule has 3 nitrogen and oxygen atoms in total. The summed E-state index contributed by atoms with van der Waals surface area (Å²) in [6.45, 7) is 2.21. The van der Waals surface area contributed by atoms with Gasteiger partial charge in [-0.15, -0.1) is 0 Å². The standard InChI is InChI=1S/C19H22FNO2/c1-13-6-4-5-7-17(13)23-18-16-9-8-15(22-3)10-14(16)11-19(18,20)12-21-2/h4-10,18,21H,11-12H2,1-3H3. The highest BCUT2D eigenvalue weighted by Gasteiger charge is 2.48. The predicted octanol–water partition coefficient (Wildman–Crippen LogP) is 3.61. The average molecular weight is 315 g/mol. The highest BCUT2D eigenvalue weighted by Crippen LogP contribution is 2.45. The molecule has 0 bridgehead atoms. The van der Waals surface area contributed by atoms with E-state index in [-0.39, 0.29) is 6.54 Å². The van der Waals surface area contributed by atoms with E-state index in [1.54, 1.807) is 14.2 Å². The Hall–Kier alpha value is -2.07. The molecule has 1 aliphatic rings. The van der Waals surface area contributed by atoms with Crippen LogP contribution in [0.1, 0.15) is 22.8 Å². The lowest BCUT2D eigenvalue weighted by molar-refractivity contribution is 0.0228. The van der Waals surface area contributed by atoms with Gasteiger partial charge in [0.25, 0.3) is 0 Å². The lowest BCUT2D eigenvalue weighted by atomic mass is 9.99. The van der Waals surface area contributed by atoms with Crippen molar-refractivity contribution >= 4 is 0 Å². The zero-order valence-electron chi connectivity index (χ0n) is 13.7. The van der Waals surface area contributed by atoms with Crippen molar-refractivity contribution in [2.45, 2.75) is 25.1 Å². The van der Waals surface area contributed by atoms with Gasteiger partial charge in [0.1, 0.15) is 11.5 Å². The monoisotopic (exact) mass is 315 g/mol. The number of nitrogens with one attached hydrogen (secondary N) is 1. The molecule has 0 saturated carbocycles. The molecule has 0 radical (unpaired) electrons. The maximum absolute atomic E-state index is 15.6. The maximum Gasteiger partial charge on any atom is 0.168 e. The second-order valence-corrected chi connectivity index (χ2v) is 6.07. The third kappa shape index (κ3) is 2.91. The van der Waals surface area contributed by atoms with Crippen LogP contribution in [0.3, 0.4) is 0 Å². The normalized spacial score (nSPS) is 22.7. The summed E-state index contributed by atoms with van der Waals surface area (Å²) in [5.74, 6) is 1.46. The zero-order chi connectivity index (χ0) is 16.4. The van der Waals surface area contributed by atoms with Crippen molar-refractivity contribution in [3.63, 3.8) is 0 Å². The Kier molecular flexibility index (Phi) is 4.26. The summed E-state index contributed by atoms with van der Waals surface area (Å²) in [4.78, 5) is 0. The van der Waals surface area contributed by atoms with Crippen LogP contribution in [0.25, 0.3) is 0 Å². The molecule has 0 aromatic heterocycles. The molecular weight excluding hydrogens is 293 g/mol. The number of para-hydroxylation sites is 1. The van der Waals surface area contributed by atoms with Gasteiger partial charge in [0.15, 0.2) is 11.8 Å². The van der Waals surface area contributed by atoms with Crippen molar-refractivity contribution in [3.05, 3.63) is 59.2 Å². The van der Waals surface area contributed by atoms with Gasteiger partial charge in [-0.2, -0.15) is 0 Å². The van der Waals surface area contributed by atoms with Crippen LogP contribution in [0.4, 0.5) is 4.39 Å². The fourth-order valence-corrected chi connectivity index (χ4v) is 3.24. The van der Waals surface area contributed by atoms with Gasteiger partial charge in [-0.1, -0.05) is 24.3 Å². The molecule has 0 fully saturated rings. The number of hydrogen-bond acceptors (Lipinski definition) is 3. The molecule has 1 aliphatic carbocycles. The second kappa shape index (κ2) is 6.20. The highest BCUT2D eigenvalue weighted by atomic mass is 19.1. The van der Waals surface area contributed by atoms with Crippen LogP contribution in [0.5, 0.6) is 11.5 Å². The number of hydrogen-bond donors (Lipinski definition) is 1. The number of alkyl halides is 1. The first kappa shape index (κ1) is 15.8. The van der Waals surface area contributed by atoms with Crippen LogP contribution >= 0.6 is 0 Å². The minimum absolute atomic E-state index is 0.237. The average Bonchev–Trinajstić information content (AvgIpc) is 2.81. The van der Waals surface area contributed by atoms with Crippen LogP contribution in [0.2, 0.25) is 0 Å². The van der Waals surface area contributed by atoms with Gasteiger partial charge >= 0.3 is 0 Å². The molecule has 2 unspecified atom stereocenters. The zero-order valence-corrected chi connectivity index (χ0v) is 13.7. The topological polar surface area (TPSA) is 30.5 Å². The Morgan fingerprint density at radius 2 is 2.04 bits per heavy atom. The summed E-state index contributed by atoms with van der Waals surface area (Å²) in [6.07, 6.45) is -0.311. The molecule has 0 aliphatic heterocycles. The van der Waals surface area contributed by atoms with Crippen LogP contribution in [-0.4, -0.2) is 26.4 Å². The first-order valence-corrected chi connectivity index (χ1v) is 7.80. The number of methoxy groups -OCH3 is 1. The third-order valence-electron chi connectivity index (χ3n) is 4.40. The number of benzene rings is 2. The minimum Gasteiger partial charge on any atom is -0.497 e. The summed E-state index contributed by atoms with van der Waals surface area (Å²) in [7, 11) is 3.38. The molecule has 0 heterocycles. The number of ether oxygens (including phenoxy) is 2. The largest absolute Gasteiger partial charge is 0.497 e. The van der Waals surface area contributed by atoms with E-state index in [1.165, 1.54) is 0 Å². The molecule has 1 N–H and O–H groups in total. The minimum atomic E-state index is -1.48. The molecule has 3 rings (SSSR count). The molecule has 0 saturated heterocycles. The van der Waals surface area contributed by atoms with E-state index in [4.69, 9.17) is 9.47 Å². The maximum atomic E-state index is 15.6. The molecule has 122 valence electrons. The summed E-state index contributed by atoms with van der Waals surface area (Å²) in [6, 6.07) is 13.4. The predicted molar refractivity (Wildman–Crippen MR) is 89.0 cm³/mol. The highest BCUT2D eigenvalue weighted by molar-refractivity contribution is 5.45. The molecule has 0 amide bonds. The van der Waals surface area contributed by atoms with Crippen LogP contribution in [-0.2, 0) is 6.42 Å². The fraction of sp³-hybridized carbons (Fsp3) is 0.368. The number of fused-ring (bicyclic) bond motifs is 1. The molecule has 0 spiro atoms. The number of rotatable bonds is 5. The molecule has 2 aromatic rings. The Labute approximate surface area is 136 Å². The molecule has 4 heteroatoms. The molecular formula is C19H22FNO2. The van der Waals surface area contributed by atoms with Crippen molar-refractivity contribution in [2.24, 2.45) is 0 Å². The van der Waals surface area contributed by atoms with Crippen molar-refractivity contribution in [2.75, 3.05) is 20.7 Å². The SMILES string of the molecule is CNCC1(F)Cc2cc(OC)ccc2C1Oc1ccccc1C. The third-order valence-corrected chi connectivity index (χ3v) is 4.40. The van der Waals surface area contributed by atoms with Crippen molar-refractivity contribution in [1.82, 2.24) is 5.32 Å². The molecule has 2 atom stereocenters. The van der Waals surface area contributed by atoms with Crippen molar-refractivity contribution in [1.29, 1.82) is 0 Å². The lowest BCUT2D eigenvalue weighted by Gasteiger charge is -2.29. The van der Waals surface area contributed by atoms with Gasteiger partial charge in [0.05, 0.1) is 7.11 Å². The van der Waals surface area contributed by atoms with Gasteiger partial charge in [-0.05, 0) is 48.9 Å². The van der Waals surface area contributed by atoms with E-state index in [9.17, 15) is 0 Å².